The topological polar surface area (TPSA) is 50.4 Å². The minimum Gasteiger partial charge on any atom is -0.480 e. The van der Waals surface area contributed by atoms with Crippen molar-refractivity contribution < 1.29 is 23.1 Å². The standard InChI is InChI=1S/C8H5ClF2O3/c9-5-2-1-4(14-5)7(6(12)13)3-8(7,10)11/h1-2H,3H2,(H,12,13). The van der Waals surface area contributed by atoms with E-state index in [1.54, 1.807) is 0 Å². The van der Waals surface area contributed by atoms with Crippen LogP contribution in [0.15, 0.2) is 16.5 Å². The van der Waals surface area contributed by atoms with Crippen LogP contribution in [0, 0.1) is 0 Å². The van der Waals surface area contributed by atoms with Gasteiger partial charge in [0.05, 0.1) is 0 Å². The number of furan rings is 1. The Morgan fingerprint density at radius 2 is 2.14 bits per heavy atom. The van der Waals surface area contributed by atoms with Gasteiger partial charge in [-0.3, -0.25) is 4.79 Å². The second kappa shape index (κ2) is 2.48. The highest BCUT2D eigenvalue weighted by Crippen LogP contribution is 2.62. The van der Waals surface area contributed by atoms with Gasteiger partial charge in [-0.15, -0.1) is 0 Å². The van der Waals surface area contributed by atoms with Gasteiger partial charge < -0.3 is 9.52 Å². The van der Waals surface area contributed by atoms with Crippen molar-refractivity contribution in [3.63, 3.8) is 0 Å². The Morgan fingerprint density at radius 3 is 2.43 bits per heavy atom. The summed E-state index contributed by atoms with van der Waals surface area (Å²) in [6.07, 6.45) is -0.737. The normalized spacial score (nSPS) is 28.8. The molecule has 1 N–H and O–H groups in total. The van der Waals surface area contributed by atoms with Crippen LogP contribution in [0.4, 0.5) is 8.78 Å². The van der Waals surface area contributed by atoms with Crippen molar-refractivity contribution in [1.29, 1.82) is 0 Å². The van der Waals surface area contributed by atoms with Gasteiger partial charge in [-0.05, 0) is 23.7 Å². The van der Waals surface area contributed by atoms with Crippen LogP contribution in [0.3, 0.4) is 0 Å². The molecule has 14 heavy (non-hydrogen) atoms. The number of hydrogen-bond acceptors (Lipinski definition) is 2. The number of carboxylic acids is 1. The minimum atomic E-state index is -3.25. The number of carbonyl (C=O) groups is 1. The van der Waals surface area contributed by atoms with Gasteiger partial charge >= 0.3 is 5.97 Å². The Bertz CT molecular complexity index is 401. The summed E-state index contributed by atoms with van der Waals surface area (Å²) in [5.41, 5.74) is -2.21. The molecule has 2 rings (SSSR count). The second-order valence-corrected chi connectivity index (χ2v) is 3.57. The van der Waals surface area contributed by atoms with Crippen LogP contribution in [0.1, 0.15) is 12.2 Å². The average molecular weight is 223 g/mol. The summed E-state index contributed by atoms with van der Waals surface area (Å²) in [6, 6.07) is 2.41. The SMILES string of the molecule is O=C(O)C1(c2ccc(Cl)o2)CC1(F)F. The monoisotopic (exact) mass is 222 g/mol. The molecule has 0 radical (unpaired) electrons. The number of alkyl halides is 2. The van der Waals surface area contributed by atoms with Gasteiger partial charge in [-0.2, -0.15) is 0 Å². The average Bonchev–Trinajstić information content (AvgIpc) is 2.44. The van der Waals surface area contributed by atoms with Crippen molar-refractivity contribution in [3.05, 3.63) is 23.1 Å². The molecule has 0 aromatic carbocycles. The lowest BCUT2D eigenvalue weighted by Gasteiger charge is -2.06. The minimum absolute atomic E-state index is 0.0941. The molecule has 0 saturated heterocycles. The third-order valence-corrected chi connectivity index (χ3v) is 2.55. The number of aliphatic carboxylic acids is 1. The molecule has 6 heteroatoms. The molecule has 1 fully saturated rings. The molecule has 0 aliphatic heterocycles. The van der Waals surface area contributed by atoms with E-state index in [-0.39, 0.29) is 11.0 Å². The molecule has 76 valence electrons. The summed E-state index contributed by atoms with van der Waals surface area (Å²) in [4.78, 5) is 10.7. The molecule has 3 nitrogen and oxygen atoms in total. The number of carboxylic acid groups (broad SMARTS) is 1. The van der Waals surface area contributed by atoms with Crippen molar-refractivity contribution in [2.45, 2.75) is 17.8 Å². The third-order valence-electron chi connectivity index (χ3n) is 2.35. The van der Waals surface area contributed by atoms with Crippen molar-refractivity contribution in [1.82, 2.24) is 0 Å². The number of halogens is 3. The van der Waals surface area contributed by atoms with Crippen molar-refractivity contribution >= 4 is 17.6 Å². The summed E-state index contributed by atoms with van der Waals surface area (Å²) in [5.74, 6) is -5.13. The second-order valence-electron chi connectivity index (χ2n) is 3.20. The Labute approximate surface area is 82.3 Å². The molecule has 0 bridgehead atoms. The Hall–Kier alpha value is -1.10. The molecule has 1 atom stereocenters. The Morgan fingerprint density at radius 1 is 1.57 bits per heavy atom. The molecular weight excluding hydrogens is 218 g/mol. The predicted molar refractivity (Wildman–Crippen MR) is 42.6 cm³/mol. The summed E-state index contributed by atoms with van der Waals surface area (Å²) in [6.45, 7) is 0. The van der Waals surface area contributed by atoms with E-state index < -0.39 is 23.7 Å². The largest absolute Gasteiger partial charge is 0.480 e. The highest BCUT2D eigenvalue weighted by Gasteiger charge is 2.79. The first-order chi connectivity index (χ1) is 6.40. The van der Waals surface area contributed by atoms with Crippen LogP contribution in [0.5, 0.6) is 0 Å². The van der Waals surface area contributed by atoms with E-state index >= 15 is 0 Å². The van der Waals surface area contributed by atoms with E-state index in [0.29, 0.717) is 0 Å². The molecule has 1 aromatic rings. The van der Waals surface area contributed by atoms with Crippen LogP contribution >= 0.6 is 11.6 Å². The quantitative estimate of drug-likeness (QED) is 0.835. The Kier molecular flexibility index (Phi) is 1.67. The lowest BCUT2D eigenvalue weighted by atomic mass is 10.0. The van der Waals surface area contributed by atoms with Crippen molar-refractivity contribution in [2.24, 2.45) is 0 Å². The first-order valence-corrected chi connectivity index (χ1v) is 4.15. The molecule has 1 unspecified atom stereocenters. The predicted octanol–water partition coefficient (Wildman–Crippen LogP) is 2.29. The van der Waals surface area contributed by atoms with Crippen LogP contribution in [0.25, 0.3) is 0 Å². The van der Waals surface area contributed by atoms with Gasteiger partial charge in [-0.1, -0.05) is 0 Å². The third kappa shape index (κ3) is 0.987. The fourth-order valence-corrected chi connectivity index (χ4v) is 1.58. The molecule has 1 heterocycles. The highest BCUT2D eigenvalue weighted by molar-refractivity contribution is 6.28. The maximum Gasteiger partial charge on any atom is 0.323 e. The molecule has 1 aromatic heterocycles. The van der Waals surface area contributed by atoms with E-state index in [2.05, 4.69) is 0 Å². The molecule has 0 spiro atoms. The van der Waals surface area contributed by atoms with Gasteiger partial charge in [0, 0.05) is 6.42 Å². The lowest BCUT2D eigenvalue weighted by Crippen LogP contribution is -2.26. The molecular formula is C8H5ClF2O3. The summed E-state index contributed by atoms with van der Waals surface area (Å²) in [7, 11) is 0. The van der Waals surface area contributed by atoms with E-state index in [1.165, 1.54) is 6.07 Å². The van der Waals surface area contributed by atoms with Gasteiger partial charge in [0.25, 0.3) is 5.92 Å². The number of hydrogen-bond donors (Lipinski definition) is 1. The van der Waals surface area contributed by atoms with Crippen LogP contribution < -0.4 is 0 Å². The van der Waals surface area contributed by atoms with Crippen LogP contribution in [0.2, 0.25) is 5.22 Å². The fourth-order valence-electron chi connectivity index (χ4n) is 1.44. The van der Waals surface area contributed by atoms with Crippen molar-refractivity contribution in [3.8, 4) is 0 Å². The van der Waals surface area contributed by atoms with Gasteiger partial charge in [0.1, 0.15) is 5.76 Å². The maximum absolute atomic E-state index is 12.9. The lowest BCUT2D eigenvalue weighted by molar-refractivity contribution is -0.143. The number of rotatable bonds is 2. The summed E-state index contributed by atoms with van der Waals surface area (Å²) >= 11 is 5.39. The zero-order valence-corrected chi connectivity index (χ0v) is 7.52. The molecule has 1 aliphatic rings. The smallest absolute Gasteiger partial charge is 0.323 e. The van der Waals surface area contributed by atoms with E-state index in [0.717, 1.165) is 6.07 Å². The van der Waals surface area contributed by atoms with Gasteiger partial charge in [-0.25, -0.2) is 8.78 Å². The summed E-state index contributed by atoms with van der Waals surface area (Å²) in [5, 5.41) is 8.62. The first kappa shape index (κ1) is 9.45. The molecule has 1 aliphatic carbocycles. The molecule has 0 amide bonds. The van der Waals surface area contributed by atoms with Gasteiger partial charge in [0.2, 0.25) is 0 Å². The zero-order valence-electron chi connectivity index (χ0n) is 6.76. The molecule has 1 saturated carbocycles. The van der Waals surface area contributed by atoms with Crippen LogP contribution in [-0.4, -0.2) is 17.0 Å². The first-order valence-electron chi connectivity index (χ1n) is 3.77. The van der Waals surface area contributed by atoms with E-state index in [9.17, 15) is 13.6 Å². The summed E-state index contributed by atoms with van der Waals surface area (Å²) < 4.78 is 30.5. The zero-order chi connectivity index (χ0) is 10.6. The van der Waals surface area contributed by atoms with Crippen LogP contribution in [-0.2, 0) is 10.2 Å². The van der Waals surface area contributed by atoms with E-state index in [1.807, 2.05) is 0 Å². The van der Waals surface area contributed by atoms with E-state index in [4.69, 9.17) is 21.1 Å². The highest BCUT2D eigenvalue weighted by atomic mass is 35.5. The Balaban J connectivity index is 2.46. The van der Waals surface area contributed by atoms with Gasteiger partial charge in [0.15, 0.2) is 10.6 Å². The maximum atomic E-state index is 12.9. The fraction of sp³-hybridized carbons (Fsp3) is 0.375. The van der Waals surface area contributed by atoms with Crippen molar-refractivity contribution in [2.75, 3.05) is 0 Å².